The molecule has 1 aliphatic rings. The molecule has 1 saturated carbocycles. The first-order chi connectivity index (χ1) is 9.65. The molecule has 1 N–H and O–H groups in total. The molecule has 4 heteroatoms. The van der Waals surface area contributed by atoms with Crippen molar-refractivity contribution in [2.24, 2.45) is 11.8 Å². The van der Waals surface area contributed by atoms with Gasteiger partial charge in [-0.3, -0.25) is 9.48 Å². The van der Waals surface area contributed by atoms with Crippen molar-refractivity contribution in [2.45, 2.75) is 39.8 Å². The molecule has 1 aliphatic carbocycles. The highest BCUT2D eigenvalue weighted by molar-refractivity contribution is 5.84. The summed E-state index contributed by atoms with van der Waals surface area (Å²) in [5.41, 5.74) is 2.12. The lowest BCUT2D eigenvalue weighted by Crippen LogP contribution is -2.24. The Hall–Kier alpha value is -1.84. The van der Waals surface area contributed by atoms with Crippen LogP contribution in [0.2, 0.25) is 0 Å². The van der Waals surface area contributed by atoms with Gasteiger partial charge < -0.3 is 5.32 Å². The first kappa shape index (κ1) is 13.2. The highest BCUT2D eigenvalue weighted by atomic mass is 16.2. The van der Waals surface area contributed by atoms with Crippen LogP contribution in [-0.4, -0.2) is 15.7 Å². The minimum atomic E-state index is 0.174. The number of hydrogen-bond acceptors (Lipinski definition) is 2. The molecule has 0 radical (unpaired) electrons. The molecule has 2 aromatic rings. The van der Waals surface area contributed by atoms with E-state index in [1.54, 1.807) is 0 Å². The normalized spacial score (nSPS) is 14.9. The summed E-state index contributed by atoms with van der Waals surface area (Å²) in [5.74, 6) is 0.971. The van der Waals surface area contributed by atoms with Crippen LogP contribution in [-0.2, 0) is 17.9 Å². The van der Waals surface area contributed by atoms with Crippen molar-refractivity contribution < 1.29 is 4.79 Å². The number of hydrogen-bond donors (Lipinski definition) is 1. The zero-order chi connectivity index (χ0) is 14.1. The molecular formula is C16H21N3O. The van der Waals surface area contributed by atoms with E-state index in [0.29, 0.717) is 12.5 Å². The van der Waals surface area contributed by atoms with Crippen LogP contribution in [0.5, 0.6) is 0 Å². The monoisotopic (exact) mass is 271 g/mol. The predicted octanol–water partition coefficient (Wildman–Crippen LogP) is 2.72. The van der Waals surface area contributed by atoms with Crippen LogP contribution >= 0.6 is 0 Å². The van der Waals surface area contributed by atoms with Crippen molar-refractivity contribution in [1.82, 2.24) is 15.1 Å². The van der Waals surface area contributed by atoms with Crippen LogP contribution in [0.1, 0.15) is 32.4 Å². The molecule has 0 bridgehead atoms. The smallest absolute Gasteiger partial charge is 0.223 e. The summed E-state index contributed by atoms with van der Waals surface area (Å²) in [6.07, 6.45) is 2.07. The van der Waals surface area contributed by atoms with Crippen LogP contribution in [0.3, 0.4) is 0 Å². The predicted molar refractivity (Wildman–Crippen MR) is 79.1 cm³/mol. The third kappa shape index (κ3) is 2.69. The lowest BCUT2D eigenvalue weighted by molar-refractivity contribution is -0.122. The molecule has 1 aromatic carbocycles. The van der Waals surface area contributed by atoms with Crippen LogP contribution < -0.4 is 5.32 Å². The summed E-state index contributed by atoms with van der Waals surface area (Å²) in [6.45, 7) is 5.80. The van der Waals surface area contributed by atoms with E-state index in [4.69, 9.17) is 0 Å². The Morgan fingerprint density at radius 1 is 1.40 bits per heavy atom. The molecule has 1 fully saturated rings. The van der Waals surface area contributed by atoms with Crippen LogP contribution in [0.25, 0.3) is 10.9 Å². The fourth-order valence-electron chi connectivity index (χ4n) is 2.47. The number of nitrogens with zero attached hydrogens (tertiary/aromatic N) is 2. The van der Waals surface area contributed by atoms with Crippen LogP contribution in [0.15, 0.2) is 24.3 Å². The zero-order valence-corrected chi connectivity index (χ0v) is 12.1. The minimum Gasteiger partial charge on any atom is -0.350 e. The SMILES string of the molecule is CC(C)Cn1nc(CNC(=O)C2CC2)c2ccccc21. The van der Waals surface area contributed by atoms with Crippen LogP contribution in [0.4, 0.5) is 0 Å². The number of nitrogens with one attached hydrogen (secondary N) is 1. The largest absolute Gasteiger partial charge is 0.350 e. The molecule has 1 amide bonds. The van der Waals surface area contributed by atoms with E-state index < -0.39 is 0 Å². The van der Waals surface area contributed by atoms with E-state index in [1.165, 1.54) is 0 Å². The molecule has 0 atom stereocenters. The summed E-state index contributed by atoms with van der Waals surface area (Å²) in [6, 6.07) is 8.23. The van der Waals surface area contributed by atoms with Gasteiger partial charge in [-0.1, -0.05) is 32.0 Å². The van der Waals surface area contributed by atoms with Gasteiger partial charge in [-0.2, -0.15) is 5.10 Å². The van der Waals surface area contributed by atoms with Gasteiger partial charge in [-0.15, -0.1) is 0 Å². The Kier molecular flexibility index (Phi) is 3.47. The third-order valence-corrected chi connectivity index (χ3v) is 3.65. The Balaban J connectivity index is 1.83. The number of carbonyl (C=O) groups excluding carboxylic acids is 1. The number of benzene rings is 1. The Labute approximate surface area is 119 Å². The van der Waals surface area contributed by atoms with Crippen LogP contribution in [0, 0.1) is 11.8 Å². The van der Waals surface area contributed by atoms with Crippen molar-refractivity contribution in [3.63, 3.8) is 0 Å². The van der Waals surface area contributed by atoms with Crippen molar-refractivity contribution in [3.05, 3.63) is 30.0 Å². The number of rotatable bonds is 5. The molecule has 1 aromatic heterocycles. The highest BCUT2D eigenvalue weighted by Gasteiger charge is 2.29. The number of para-hydroxylation sites is 1. The first-order valence-electron chi connectivity index (χ1n) is 7.37. The maximum absolute atomic E-state index is 11.8. The van der Waals surface area contributed by atoms with Gasteiger partial charge in [0.1, 0.15) is 0 Å². The van der Waals surface area contributed by atoms with Gasteiger partial charge in [0.25, 0.3) is 0 Å². The molecule has 3 rings (SSSR count). The maximum atomic E-state index is 11.8. The number of fused-ring (bicyclic) bond motifs is 1. The number of amides is 1. The van der Waals surface area contributed by atoms with Gasteiger partial charge in [0.05, 0.1) is 17.8 Å². The van der Waals surface area contributed by atoms with Gasteiger partial charge in [0.2, 0.25) is 5.91 Å². The minimum absolute atomic E-state index is 0.174. The number of aromatic nitrogens is 2. The molecule has 106 valence electrons. The Morgan fingerprint density at radius 2 is 2.15 bits per heavy atom. The maximum Gasteiger partial charge on any atom is 0.223 e. The summed E-state index contributed by atoms with van der Waals surface area (Å²) >= 11 is 0. The fraction of sp³-hybridized carbons (Fsp3) is 0.500. The van der Waals surface area contributed by atoms with Gasteiger partial charge in [0.15, 0.2) is 0 Å². The zero-order valence-electron chi connectivity index (χ0n) is 12.1. The number of carbonyl (C=O) groups is 1. The summed E-state index contributed by atoms with van der Waals surface area (Å²) in [5, 5.41) is 8.83. The van der Waals surface area contributed by atoms with Gasteiger partial charge in [-0.25, -0.2) is 0 Å². The van der Waals surface area contributed by atoms with Crippen molar-refractivity contribution in [2.75, 3.05) is 0 Å². The Morgan fingerprint density at radius 3 is 2.85 bits per heavy atom. The molecule has 0 unspecified atom stereocenters. The van der Waals surface area contributed by atoms with E-state index in [-0.39, 0.29) is 11.8 Å². The second-order valence-corrected chi connectivity index (χ2v) is 6.03. The van der Waals surface area contributed by atoms with Gasteiger partial charge >= 0.3 is 0 Å². The van der Waals surface area contributed by atoms with Gasteiger partial charge in [0, 0.05) is 17.8 Å². The summed E-state index contributed by atoms with van der Waals surface area (Å²) in [7, 11) is 0. The topological polar surface area (TPSA) is 46.9 Å². The fourth-order valence-corrected chi connectivity index (χ4v) is 2.47. The highest BCUT2D eigenvalue weighted by Crippen LogP contribution is 2.29. The quantitative estimate of drug-likeness (QED) is 0.909. The molecule has 20 heavy (non-hydrogen) atoms. The summed E-state index contributed by atoms with van der Waals surface area (Å²) in [4.78, 5) is 11.8. The lowest BCUT2D eigenvalue weighted by Gasteiger charge is -2.06. The van der Waals surface area contributed by atoms with Crippen molar-refractivity contribution >= 4 is 16.8 Å². The van der Waals surface area contributed by atoms with E-state index in [2.05, 4.69) is 41.1 Å². The first-order valence-corrected chi connectivity index (χ1v) is 7.37. The molecule has 0 spiro atoms. The van der Waals surface area contributed by atoms with Crippen molar-refractivity contribution in [1.29, 1.82) is 0 Å². The standard InChI is InChI=1S/C16H21N3O/c1-11(2)10-19-15-6-4-3-5-13(15)14(18-19)9-17-16(20)12-7-8-12/h3-6,11-12H,7-10H2,1-2H3,(H,17,20). The molecule has 0 saturated heterocycles. The van der Waals surface area contributed by atoms with E-state index in [9.17, 15) is 4.79 Å². The van der Waals surface area contributed by atoms with Crippen molar-refractivity contribution in [3.8, 4) is 0 Å². The lowest BCUT2D eigenvalue weighted by atomic mass is 10.2. The van der Waals surface area contributed by atoms with E-state index in [0.717, 1.165) is 36.0 Å². The second kappa shape index (κ2) is 5.27. The molecule has 4 nitrogen and oxygen atoms in total. The third-order valence-electron chi connectivity index (χ3n) is 3.65. The molecule has 0 aliphatic heterocycles. The summed E-state index contributed by atoms with van der Waals surface area (Å²) < 4.78 is 2.05. The molecular weight excluding hydrogens is 250 g/mol. The van der Waals surface area contributed by atoms with E-state index >= 15 is 0 Å². The Bertz CT molecular complexity index is 626. The average Bonchev–Trinajstić information content (AvgIpc) is 3.21. The average molecular weight is 271 g/mol. The molecule has 1 heterocycles. The van der Waals surface area contributed by atoms with Gasteiger partial charge in [-0.05, 0) is 24.8 Å². The van der Waals surface area contributed by atoms with E-state index in [1.807, 2.05) is 12.1 Å². The second-order valence-electron chi connectivity index (χ2n) is 6.03.